The van der Waals surface area contributed by atoms with E-state index in [0.29, 0.717) is 23.5 Å². The molecule has 4 rings (SSSR count). The molecule has 0 aromatic heterocycles. The number of ether oxygens (including phenoxy) is 2. The van der Waals surface area contributed by atoms with Gasteiger partial charge in [-0.25, -0.2) is 0 Å². The highest BCUT2D eigenvalue weighted by molar-refractivity contribution is 5.95. The van der Waals surface area contributed by atoms with Gasteiger partial charge in [0, 0.05) is 11.1 Å². The van der Waals surface area contributed by atoms with Crippen LogP contribution in [0.3, 0.4) is 0 Å². The van der Waals surface area contributed by atoms with Crippen LogP contribution in [0.5, 0.6) is 17.2 Å². The molecule has 0 fully saturated rings. The number of hydrogen-bond acceptors (Lipinski definition) is 2. The Labute approximate surface area is 159 Å². The summed E-state index contributed by atoms with van der Waals surface area (Å²) < 4.78 is 11.1. The Bertz CT molecular complexity index is 989. The van der Waals surface area contributed by atoms with Gasteiger partial charge in [0.25, 0.3) is 0 Å². The molecule has 3 aromatic rings. The summed E-state index contributed by atoms with van der Waals surface area (Å²) in [6, 6.07) is 19.6. The first-order chi connectivity index (χ1) is 13.2. The number of hydrogen-bond donors (Lipinski definition) is 0. The molecule has 0 aliphatic heterocycles. The van der Waals surface area contributed by atoms with Crippen LogP contribution in [0, 0.1) is 7.11 Å². The van der Waals surface area contributed by atoms with Crippen LogP contribution < -0.4 is 9.47 Å². The van der Waals surface area contributed by atoms with Gasteiger partial charge in [-0.1, -0.05) is 66.7 Å². The molecular formula is C24H20O3. The normalized spacial score (nSPS) is 14.2. The lowest BCUT2D eigenvalue weighted by molar-refractivity contribution is 0.340. The number of fused-ring (bicyclic) bond motifs is 1. The van der Waals surface area contributed by atoms with Crippen LogP contribution in [-0.2, 0) is 11.5 Å². The van der Waals surface area contributed by atoms with Crippen LogP contribution in [-0.4, -0.2) is 7.11 Å². The molecule has 0 N–H and O–H groups in total. The van der Waals surface area contributed by atoms with Crippen LogP contribution in [0.25, 0.3) is 22.8 Å². The van der Waals surface area contributed by atoms with Gasteiger partial charge in [0.15, 0.2) is 17.2 Å². The van der Waals surface area contributed by atoms with Gasteiger partial charge in [-0.15, -0.1) is 0 Å². The van der Waals surface area contributed by atoms with Crippen LogP contribution >= 0.6 is 0 Å². The average molecular weight is 356 g/mol. The number of allylic oxidation sites excluding steroid dienone is 1. The van der Waals surface area contributed by atoms with E-state index in [9.17, 15) is 5.11 Å². The maximum absolute atomic E-state index is 13.3. The first-order valence-corrected chi connectivity index (χ1v) is 8.92. The molecule has 0 saturated heterocycles. The standard InChI is InChI=1S/C24H20O3/c1-26-23-20-18(15-16-9-5-3-6-10-16)13-14-19(20)22(25)21(24(23)27-2)17-11-7-4-8-12-17/h3-12,15H,1,13-14H2,2H3/b18-15+. The van der Waals surface area contributed by atoms with Gasteiger partial charge in [-0.2, -0.15) is 0 Å². The van der Waals surface area contributed by atoms with Crippen LogP contribution in [0.15, 0.2) is 60.7 Å². The van der Waals surface area contributed by atoms with Crippen molar-refractivity contribution in [3.63, 3.8) is 0 Å². The molecule has 1 aliphatic carbocycles. The molecule has 0 bridgehead atoms. The van der Waals surface area contributed by atoms with E-state index in [4.69, 9.17) is 9.47 Å². The molecule has 0 atom stereocenters. The zero-order valence-electron chi connectivity index (χ0n) is 15.2. The second-order valence-electron chi connectivity index (χ2n) is 6.51. The summed E-state index contributed by atoms with van der Waals surface area (Å²) in [6.45, 7) is 0. The van der Waals surface area contributed by atoms with Crippen molar-refractivity contribution in [3.05, 3.63) is 84.5 Å². The number of methoxy groups -OCH3 is 1. The molecule has 0 unspecified atom stereocenters. The fourth-order valence-electron chi connectivity index (χ4n) is 3.79. The van der Waals surface area contributed by atoms with Gasteiger partial charge in [0.05, 0.1) is 12.7 Å². The minimum absolute atomic E-state index is 0.00492. The molecule has 0 heterocycles. The number of rotatable bonds is 4. The summed E-state index contributed by atoms with van der Waals surface area (Å²) in [5, 5.41) is 13.3. The second kappa shape index (κ2) is 7.20. The first kappa shape index (κ1) is 17.2. The predicted octanol–water partition coefficient (Wildman–Crippen LogP) is 6.16. The fourth-order valence-corrected chi connectivity index (χ4v) is 3.79. The van der Waals surface area contributed by atoms with Gasteiger partial charge in [-0.05, 0) is 29.5 Å². The molecule has 3 heteroatoms. The lowest BCUT2D eigenvalue weighted by atomic mass is 9.94. The quantitative estimate of drug-likeness (QED) is 0.561. The summed E-state index contributed by atoms with van der Waals surface area (Å²) in [6.07, 6.45) is 3.58. The van der Waals surface area contributed by atoms with Crippen LogP contribution in [0.1, 0.15) is 23.1 Å². The van der Waals surface area contributed by atoms with Gasteiger partial charge in [-0.3, -0.25) is 5.11 Å². The average Bonchev–Trinajstić information content (AvgIpc) is 3.13. The zero-order valence-corrected chi connectivity index (χ0v) is 15.2. The largest absolute Gasteiger partial charge is 0.492 e. The maximum atomic E-state index is 13.3. The molecule has 27 heavy (non-hydrogen) atoms. The summed E-state index contributed by atoms with van der Waals surface area (Å²) >= 11 is 0. The fraction of sp³-hybridized carbons (Fsp3) is 0.125. The van der Waals surface area contributed by atoms with E-state index < -0.39 is 0 Å². The topological polar surface area (TPSA) is 38.4 Å². The first-order valence-electron chi connectivity index (χ1n) is 8.92. The Morgan fingerprint density at radius 1 is 0.889 bits per heavy atom. The van der Waals surface area contributed by atoms with Crippen molar-refractivity contribution < 1.29 is 14.6 Å². The lowest BCUT2D eigenvalue weighted by Crippen LogP contribution is -1.98. The van der Waals surface area contributed by atoms with Crippen molar-refractivity contribution in [1.82, 2.24) is 0 Å². The Morgan fingerprint density at radius 3 is 2.19 bits per heavy atom. The Balaban J connectivity index is 1.96. The molecule has 1 aliphatic rings. The van der Waals surface area contributed by atoms with E-state index in [0.717, 1.165) is 34.2 Å². The van der Waals surface area contributed by atoms with Crippen molar-refractivity contribution in [2.45, 2.75) is 12.8 Å². The van der Waals surface area contributed by atoms with Crippen molar-refractivity contribution in [2.75, 3.05) is 7.11 Å². The Hall–Kier alpha value is -3.20. The van der Waals surface area contributed by atoms with Gasteiger partial charge >= 0.3 is 0 Å². The molecule has 0 spiro atoms. The van der Waals surface area contributed by atoms with Gasteiger partial charge in [0.1, 0.15) is 7.11 Å². The highest BCUT2D eigenvalue weighted by Gasteiger charge is 2.32. The van der Waals surface area contributed by atoms with Crippen LogP contribution in [0.4, 0.5) is 0 Å². The van der Waals surface area contributed by atoms with Crippen molar-refractivity contribution in [1.29, 1.82) is 0 Å². The minimum Gasteiger partial charge on any atom is -0.492 e. The van der Waals surface area contributed by atoms with E-state index in [1.165, 1.54) is 0 Å². The van der Waals surface area contributed by atoms with Crippen molar-refractivity contribution in [3.8, 4) is 28.4 Å². The third kappa shape index (κ3) is 2.95. The highest BCUT2D eigenvalue weighted by atomic mass is 16.5. The van der Waals surface area contributed by atoms with Crippen molar-refractivity contribution in [2.24, 2.45) is 0 Å². The van der Waals surface area contributed by atoms with E-state index in [2.05, 4.69) is 13.2 Å². The molecule has 3 aromatic carbocycles. The lowest BCUT2D eigenvalue weighted by Gasteiger charge is -2.18. The number of benzene rings is 3. The molecule has 3 nitrogen and oxygen atoms in total. The SMILES string of the molecule is [CH2]Oc1c(OC)c(-c2ccccc2)c([O])c2c1/C(=C/c1ccccc1)CC2. The maximum Gasteiger partial charge on any atom is 0.194 e. The monoisotopic (exact) mass is 356 g/mol. The van der Waals surface area contributed by atoms with Gasteiger partial charge < -0.3 is 9.47 Å². The summed E-state index contributed by atoms with van der Waals surface area (Å²) in [5.41, 5.74) is 5.13. The van der Waals surface area contributed by atoms with Crippen LogP contribution in [0.2, 0.25) is 0 Å². The predicted molar refractivity (Wildman–Crippen MR) is 107 cm³/mol. The second-order valence-corrected chi connectivity index (χ2v) is 6.51. The molecule has 2 radical (unpaired) electrons. The Kier molecular flexibility index (Phi) is 4.59. The Morgan fingerprint density at radius 2 is 1.56 bits per heavy atom. The summed E-state index contributed by atoms with van der Waals surface area (Å²) in [7, 11) is 5.20. The zero-order chi connectivity index (χ0) is 18.8. The highest BCUT2D eigenvalue weighted by Crippen LogP contribution is 2.55. The third-order valence-electron chi connectivity index (χ3n) is 4.98. The van der Waals surface area contributed by atoms with Gasteiger partial charge in [0.2, 0.25) is 0 Å². The van der Waals surface area contributed by atoms with E-state index in [1.54, 1.807) is 7.11 Å². The van der Waals surface area contributed by atoms with E-state index in [-0.39, 0.29) is 5.75 Å². The molecular weight excluding hydrogens is 336 g/mol. The molecule has 0 saturated carbocycles. The van der Waals surface area contributed by atoms with E-state index >= 15 is 0 Å². The third-order valence-corrected chi connectivity index (χ3v) is 4.98. The smallest absolute Gasteiger partial charge is 0.194 e. The van der Waals surface area contributed by atoms with E-state index in [1.807, 2.05) is 60.7 Å². The summed E-state index contributed by atoms with van der Waals surface area (Å²) in [5.74, 6) is 0.983. The van der Waals surface area contributed by atoms with Crippen molar-refractivity contribution >= 4 is 11.6 Å². The minimum atomic E-state index is 0.00492. The molecule has 134 valence electrons. The summed E-state index contributed by atoms with van der Waals surface area (Å²) in [4.78, 5) is 0. The molecule has 0 amide bonds.